The Balaban J connectivity index is 1.90. The predicted molar refractivity (Wildman–Crippen MR) is 101 cm³/mol. The monoisotopic (exact) mass is 400 g/mol. The second-order valence-corrected chi connectivity index (χ2v) is 6.80. The van der Waals surface area contributed by atoms with Crippen LogP contribution in [0.25, 0.3) is 10.6 Å². The first kappa shape index (κ1) is 19.2. The molecule has 3 N–H and O–H groups in total. The summed E-state index contributed by atoms with van der Waals surface area (Å²) in [6, 6.07) is 9.02. The van der Waals surface area contributed by atoms with Crippen LogP contribution in [0.3, 0.4) is 0 Å². The lowest BCUT2D eigenvalue weighted by Gasteiger charge is -2.07. The standard InChI is InChI=1S/C19H13FN2O5S/c1-9-15(28-17(21-9)10-2-4-13(20)5-3-10)16(23)22-14-7-11(18(24)25)6-12(8-14)19(26)27/h2-8H,1H3,(H,22,23)(H,24,25)(H,26,27). The normalized spacial score (nSPS) is 10.5. The second kappa shape index (κ2) is 7.57. The van der Waals surface area contributed by atoms with Crippen LogP contribution in [0.5, 0.6) is 0 Å². The Labute approximate surface area is 162 Å². The number of halogens is 1. The summed E-state index contributed by atoms with van der Waals surface area (Å²) in [5.41, 5.74) is 0.606. The van der Waals surface area contributed by atoms with Crippen molar-refractivity contribution in [1.29, 1.82) is 0 Å². The number of aryl methyl sites for hydroxylation is 1. The van der Waals surface area contributed by atoms with E-state index in [0.717, 1.165) is 17.4 Å². The number of aromatic nitrogens is 1. The van der Waals surface area contributed by atoms with Crippen LogP contribution in [-0.4, -0.2) is 33.0 Å². The summed E-state index contributed by atoms with van der Waals surface area (Å²) in [4.78, 5) is 39.6. The van der Waals surface area contributed by atoms with Gasteiger partial charge in [-0.15, -0.1) is 11.3 Å². The summed E-state index contributed by atoms with van der Waals surface area (Å²) in [5, 5.41) is 21.3. The maximum absolute atomic E-state index is 13.1. The fraction of sp³-hybridized carbons (Fsp3) is 0.0526. The molecule has 0 aliphatic rings. The minimum atomic E-state index is -1.31. The highest BCUT2D eigenvalue weighted by molar-refractivity contribution is 7.17. The lowest BCUT2D eigenvalue weighted by molar-refractivity contribution is 0.0696. The Hall–Kier alpha value is -3.59. The number of carboxylic acid groups (broad SMARTS) is 2. The van der Waals surface area contributed by atoms with Crippen LogP contribution in [-0.2, 0) is 0 Å². The molecular weight excluding hydrogens is 387 g/mol. The van der Waals surface area contributed by atoms with Crippen LogP contribution in [0, 0.1) is 12.7 Å². The molecular formula is C19H13FN2O5S. The highest BCUT2D eigenvalue weighted by Gasteiger charge is 2.18. The number of rotatable bonds is 5. The predicted octanol–water partition coefficient (Wildman–Crippen LogP) is 3.91. The fourth-order valence-corrected chi connectivity index (χ4v) is 3.42. The number of thiazole rings is 1. The number of carbonyl (C=O) groups is 3. The first-order valence-corrected chi connectivity index (χ1v) is 8.72. The first-order chi connectivity index (χ1) is 13.2. The average molecular weight is 400 g/mol. The molecule has 1 heterocycles. The highest BCUT2D eigenvalue weighted by Crippen LogP contribution is 2.29. The van der Waals surface area contributed by atoms with Crippen molar-refractivity contribution < 1.29 is 29.0 Å². The zero-order valence-electron chi connectivity index (χ0n) is 14.4. The average Bonchev–Trinajstić information content (AvgIpc) is 3.03. The Morgan fingerprint density at radius 3 is 2.11 bits per heavy atom. The lowest BCUT2D eigenvalue weighted by atomic mass is 10.1. The van der Waals surface area contributed by atoms with E-state index in [0.29, 0.717) is 16.3 Å². The number of nitrogens with one attached hydrogen (secondary N) is 1. The van der Waals surface area contributed by atoms with Gasteiger partial charge in [0.1, 0.15) is 15.7 Å². The lowest BCUT2D eigenvalue weighted by Crippen LogP contribution is -2.13. The molecule has 0 saturated carbocycles. The van der Waals surface area contributed by atoms with E-state index in [2.05, 4.69) is 10.3 Å². The number of hydrogen-bond donors (Lipinski definition) is 3. The van der Waals surface area contributed by atoms with E-state index >= 15 is 0 Å². The van der Waals surface area contributed by atoms with E-state index in [9.17, 15) is 18.8 Å². The Morgan fingerprint density at radius 1 is 1.00 bits per heavy atom. The molecule has 0 bridgehead atoms. The number of hydrogen-bond acceptors (Lipinski definition) is 5. The van der Waals surface area contributed by atoms with Crippen LogP contribution in [0.15, 0.2) is 42.5 Å². The smallest absolute Gasteiger partial charge is 0.335 e. The SMILES string of the molecule is Cc1nc(-c2ccc(F)cc2)sc1C(=O)Nc1cc(C(=O)O)cc(C(=O)O)c1. The quantitative estimate of drug-likeness (QED) is 0.598. The molecule has 1 aromatic heterocycles. The van der Waals surface area contributed by atoms with Crippen molar-refractivity contribution in [1.82, 2.24) is 4.98 Å². The molecule has 7 nitrogen and oxygen atoms in total. The van der Waals surface area contributed by atoms with Crippen molar-refractivity contribution >= 4 is 34.9 Å². The molecule has 0 spiro atoms. The number of carboxylic acids is 2. The summed E-state index contributed by atoms with van der Waals surface area (Å²) in [6.45, 7) is 1.63. The maximum atomic E-state index is 13.1. The van der Waals surface area contributed by atoms with E-state index in [1.165, 1.54) is 24.3 Å². The molecule has 0 aliphatic carbocycles. The third-order valence-corrected chi connectivity index (χ3v) is 4.98. The summed E-state index contributed by atoms with van der Waals surface area (Å²) in [7, 11) is 0. The van der Waals surface area contributed by atoms with Crippen molar-refractivity contribution in [3.05, 3.63) is 70.0 Å². The van der Waals surface area contributed by atoms with Crippen molar-refractivity contribution in [3.8, 4) is 10.6 Å². The minimum Gasteiger partial charge on any atom is -0.478 e. The van der Waals surface area contributed by atoms with Crippen LogP contribution in [0.2, 0.25) is 0 Å². The molecule has 0 aliphatic heterocycles. The van der Waals surface area contributed by atoms with Gasteiger partial charge >= 0.3 is 11.9 Å². The number of amides is 1. The van der Waals surface area contributed by atoms with Gasteiger partial charge < -0.3 is 15.5 Å². The molecule has 0 fully saturated rings. The number of carbonyl (C=O) groups excluding carboxylic acids is 1. The topological polar surface area (TPSA) is 117 Å². The Kier molecular flexibility index (Phi) is 5.18. The summed E-state index contributed by atoms with van der Waals surface area (Å²) >= 11 is 1.09. The van der Waals surface area contributed by atoms with Gasteiger partial charge in [-0.05, 0) is 49.4 Å². The first-order valence-electron chi connectivity index (χ1n) is 7.91. The third-order valence-electron chi connectivity index (χ3n) is 3.78. The van der Waals surface area contributed by atoms with Crippen molar-refractivity contribution in [2.24, 2.45) is 0 Å². The van der Waals surface area contributed by atoms with Gasteiger partial charge in [0.2, 0.25) is 0 Å². The van der Waals surface area contributed by atoms with E-state index < -0.39 is 17.8 Å². The number of nitrogens with zero attached hydrogens (tertiary/aromatic N) is 1. The number of aromatic carboxylic acids is 2. The van der Waals surface area contributed by atoms with Gasteiger partial charge in [-0.2, -0.15) is 0 Å². The summed E-state index contributed by atoms with van der Waals surface area (Å²) in [6.07, 6.45) is 0. The van der Waals surface area contributed by atoms with Gasteiger partial charge in [0.25, 0.3) is 5.91 Å². The molecule has 28 heavy (non-hydrogen) atoms. The summed E-state index contributed by atoms with van der Waals surface area (Å²) in [5.74, 6) is -3.57. The highest BCUT2D eigenvalue weighted by atomic mass is 32.1. The van der Waals surface area contributed by atoms with Gasteiger partial charge in [0, 0.05) is 11.3 Å². The zero-order chi connectivity index (χ0) is 20.4. The molecule has 9 heteroatoms. The van der Waals surface area contributed by atoms with Gasteiger partial charge in [-0.1, -0.05) is 0 Å². The molecule has 0 radical (unpaired) electrons. The van der Waals surface area contributed by atoms with Crippen molar-refractivity contribution in [2.75, 3.05) is 5.32 Å². The van der Waals surface area contributed by atoms with Crippen molar-refractivity contribution in [3.63, 3.8) is 0 Å². The molecule has 3 rings (SSSR count). The molecule has 0 saturated heterocycles. The number of benzene rings is 2. The fourth-order valence-electron chi connectivity index (χ4n) is 2.46. The van der Waals surface area contributed by atoms with Gasteiger partial charge in [-0.25, -0.2) is 19.0 Å². The van der Waals surface area contributed by atoms with E-state index in [-0.39, 0.29) is 27.5 Å². The number of anilines is 1. The van der Waals surface area contributed by atoms with Crippen LogP contribution in [0.1, 0.15) is 36.1 Å². The molecule has 0 atom stereocenters. The minimum absolute atomic E-state index is 0.0402. The van der Waals surface area contributed by atoms with E-state index in [1.807, 2.05) is 0 Å². The molecule has 1 amide bonds. The van der Waals surface area contributed by atoms with E-state index in [1.54, 1.807) is 19.1 Å². The second-order valence-electron chi connectivity index (χ2n) is 5.80. The van der Waals surface area contributed by atoms with Crippen LogP contribution < -0.4 is 5.32 Å². The Bertz CT molecular complexity index is 1060. The molecule has 142 valence electrons. The molecule has 2 aromatic carbocycles. The molecule has 0 unspecified atom stereocenters. The van der Waals surface area contributed by atoms with Crippen molar-refractivity contribution in [2.45, 2.75) is 6.92 Å². The molecule has 3 aromatic rings. The maximum Gasteiger partial charge on any atom is 0.335 e. The van der Waals surface area contributed by atoms with Crippen LogP contribution >= 0.6 is 11.3 Å². The van der Waals surface area contributed by atoms with Crippen LogP contribution in [0.4, 0.5) is 10.1 Å². The van der Waals surface area contributed by atoms with E-state index in [4.69, 9.17) is 10.2 Å². The van der Waals surface area contributed by atoms with Gasteiger partial charge in [-0.3, -0.25) is 4.79 Å². The summed E-state index contributed by atoms with van der Waals surface area (Å²) < 4.78 is 13.1. The Morgan fingerprint density at radius 2 is 1.57 bits per heavy atom. The van der Waals surface area contributed by atoms with Gasteiger partial charge in [0.15, 0.2) is 0 Å². The zero-order valence-corrected chi connectivity index (χ0v) is 15.2. The largest absolute Gasteiger partial charge is 0.478 e. The third kappa shape index (κ3) is 4.04. The van der Waals surface area contributed by atoms with Gasteiger partial charge in [0.05, 0.1) is 16.8 Å².